The van der Waals surface area contributed by atoms with E-state index in [1.807, 2.05) is 0 Å². The normalized spacial score (nSPS) is 19.1. The highest BCUT2D eigenvalue weighted by Gasteiger charge is 2.44. The lowest BCUT2D eigenvalue weighted by molar-refractivity contribution is 0.108. The largest absolute Gasteiger partial charge is 0.396 e. The van der Waals surface area contributed by atoms with Crippen molar-refractivity contribution in [3.05, 3.63) is 34.1 Å². The Morgan fingerprint density at radius 3 is 2.71 bits per heavy atom. The molecule has 0 saturated heterocycles. The zero-order chi connectivity index (χ0) is 12.5. The van der Waals surface area contributed by atoms with E-state index in [2.05, 4.69) is 15.9 Å². The summed E-state index contributed by atoms with van der Waals surface area (Å²) in [6, 6.07) is 4.90. The molecule has 1 aliphatic rings. The van der Waals surface area contributed by atoms with Crippen LogP contribution in [0.2, 0.25) is 0 Å². The Kier molecular flexibility index (Phi) is 3.85. The van der Waals surface area contributed by atoms with Crippen LogP contribution in [0.25, 0.3) is 0 Å². The number of aliphatic hydroxyl groups is 1. The third kappa shape index (κ3) is 2.69. The molecule has 0 amide bonds. The molecule has 1 unspecified atom stereocenters. The fourth-order valence-corrected chi connectivity index (χ4v) is 2.80. The molecule has 1 aliphatic carbocycles. The van der Waals surface area contributed by atoms with Gasteiger partial charge < -0.3 is 10.8 Å². The fourth-order valence-electron chi connectivity index (χ4n) is 2.39. The summed E-state index contributed by atoms with van der Waals surface area (Å²) in [5, 5.41) is 9.59. The summed E-state index contributed by atoms with van der Waals surface area (Å²) in [6.45, 7) is 0.431. The molecule has 4 heteroatoms. The van der Waals surface area contributed by atoms with Crippen molar-refractivity contribution >= 4 is 15.9 Å². The molecule has 1 saturated carbocycles. The van der Waals surface area contributed by atoms with Crippen LogP contribution in [0.5, 0.6) is 0 Å². The van der Waals surface area contributed by atoms with E-state index in [4.69, 9.17) is 5.73 Å². The summed E-state index contributed by atoms with van der Waals surface area (Å²) in [7, 11) is 0. The van der Waals surface area contributed by atoms with Crippen LogP contribution >= 0.6 is 15.9 Å². The van der Waals surface area contributed by atoms with Crippen LogP contribution < -0.4 is 5.73 Å². The summed E-state index contributed by atoms with van der Waals surface area (Å²) < 4.78 is 14.6. The van der Waals surface area contributed by atoms with Crippen LogP contribution in [0.3, 0.4) is 0 Å². The predicted molar refractivity (Wildman–Crippen MR) is 69.1 cm³/mol. The minimum Gasteiger partial charge on any atom is -0.396 e. The molecule has 0 aromatic heterocycles. The highest BCUT2D eigenvalue weighted by molar-refractivity contribution is 9.10. The Labute approximate surface area is 109 Å². The second-order valence-corrected chi connectivity index (χ2v) is 5.83. The third-order valence-corrected chi connectivity index (χ3v) is 4.21. The zero-order valence-corrected chi connectivity index (χ0v) is 11.2. The van der Waals surface area contributed by atoms with Crippen molar-refractivity contribution in [2.75, 3.05) is 13.2 Å². The molecule has 0 aliphatic heterocycles. The van der Waals surface area contributed by atoms with Gasteiger partial charge in [0.2, 0.25) is 0 Å². The summed E-state index contributed by atoms with van der Waals surface area (Å²) in [6.07, 6.45) is 2.69. The maximum atomic E-state index is 13.7. The van der Waals surface area contributed by atoms with Gasteiger partial charge in [0.25, 0.3) is 0 Å². The maximum absolute atomic E-state index is 13.7. The van der Waals surface area contributed by atoms with Crippen LogP contribution in [0, 0.1) is 17.2 Å². The van der Waals surface area contributed by atoms with Gasteiger partial charge in [-0.2, -0.15) is 0 Å². The predicted octanol–water partition coefficient (Wildman–Crippen LogP) is 2.48. The second kappa shape index (κ2) is 5.04. The first-order valence-electron chi connectivity index (χ1n) is 5.86. The summed E-state index contributed by atoms with van der Waals surface area (Å²) in [4.78, 5) is 0. The lowest BCUT2D eigenvalue weighted by Crippen LogP contribution is -2.38. The molecule has 1 atom stereocenters. The fraction of sp³-hybridized carbons (Fsp3) is 0.538. The molecule has 2 nitrogen and oxygen atoms in total. The van der Waals surface area contributed by atoms with Crippen LogP contribution in [0.1, 0.15) is 18.4 Å². The van der Waals surface area contributed by atoms with E-state index >= 15 is 0 Å². The molecule has 0 radical (unpaired) electrons. The smallest absolute Gasteiger partial charge is 0.126 e. The molecule has 1 aromatic carbocycles. The van der Waals surface area contributed by atoms with Gasteiger partial charge in [0.15, 0.2) is 0 Å². The quantitative estimate of drug-likeness (QED) is 0.878. The molecule has 94 valence electrons. The van der Waals surface area contributed by atoms with Gasteiger partial charge in [-0.3, -0.25) is 0 Å². The minimum atomic E-state index is -0.346. The van der Waals surface area contributed by atoms with Crippen molar-refractivity contribution in [2.24, 2.45) is 17.1 Å². The van der Waals surface area contributed by atoms with Gasteiger partial charge in [-0.15, -0.1) is 0 Å². The Bertz CT molecular complexity index is 402. The third-order valence-electron chi connectivity index (χ3n) is 3.72. The van der Waals surface area contributed by atoms with Crippen molar-refractivity contribution in [2.45, 2.75) is 19.3 Å². The molecule has 1 fully saturated rings. The maximum Gasteiger partial charge on any atom is 0.126 e. The molecule has 1 aromatic rings. The molecule has 3 N–H and O–H groups in total. The van der Waals surface area contributed by atoms with Gasteiger partial charge >= 0.3 is 0 Å². The molecule has 0 heterocycles. The van der Waals surface area contributed by atoms with Crippen LogP contribution in [0.4, 0.5) is 4.39 Å². The Hall–Kier alpha value is -0.450. The van der Waals surface area contributed by atoms with E-state index in [1.165, 1.54) is 6.07 Å². The number of aliphatic hydroxyl groups excluding tert-OH is 1. The zero-order valence-electron chi connectivity index (χ0n) is 9.63. The molecule has 0 spiro atoms. The number of hydrogen-bond acceptors (Lipinski definition) is 2. The highest BCUT2D eigenvalue weighted by atomic mass is 79.9. The Morgan fingerprint density at radius 2 is 2.18 bits per heavy atom. The molecule has 2 rings (SSSR count). The van der Waals surface area contributed by atoms with Crippen molar-refractivity contribution in [3.8, 4) is 0 Å². The number of hydrogen-bond donors (Lipinski definition) is 2. The van der Waals surface area contributed by atoms with Gasteiger partial charge in [-0.05, 0) is 48.9 Å². The average Bonchev–Trinajstić information content (AvgIpc) is 3.15. The summed E-state index contributed by atoms with van der Waals surface area (Å²) >= 11 is 3.34. The Balaban J connectivity index is 2.25. The summed E-state index contributed by atoms with van der Waals surface area (Å²) in [5.41, 5.74) is 6.09. The first-order chi connectivity index (χ1) is 8.11. The number of nitrogens with two attached hydrogens (primary N) is 1. The Morgan fingerprint density at radius 1 is 1.47 bits per heavy atom. The lowest BCUT2D eigenvalue weighted by atomic mass is 9.77. The standard InChI is InChI=1S/C13H17BrFNO/c14-11-3-4-12(15)9(5-11)6-13(7-16,8-17)10-1-2-10/h3-5,10,17H,1-2,6-8,16H2. The van der Waals surface area contributed by atoms with E-state index in [0.717, 1.165) is 17.3 Å². The summed E-state index contributed by atoms with van der Waals surface area (Å²) in [5.74, 6) is 0.219. The molecule has 17 heavy (non-hydrogen) atoms. The van der Waals surface area contributed by atoms with Gasteiger partial charge in [-0.25, -0.2) is 4.39 Å². The van der Waals surface area contributed by atoms with E-state index in [0.29, 0.717) is 24.4 Å². The number of rotatable bonds is 5. The van der Waals surface area contributed by atoms with Crippen molar-refractivity contribution in [1.82, 2.24) is 0 Å². The lowest BCUT2D eigenvalue weighted by Gasteiger charge is -2.31. The van der Waals surface area contributed by atoms with Crippen LogP contribution in [0.15, 0.2) is 22.7 Å². The van der Waals surface area contributed by atoms with E-state index in [9.17, 15) is 9.50 Å². The molecule has 0 bridgehead atoms. The van der Waals surface area contributed by atoms with E-state index in [-0.39, 0.29) is 17.8 Å². The van der Waals surface area contributed by atoms with Crippen LogP contribution in [-0.4, -0.2) is 18.3 Å². The van der Waals surface area contributed by atoms with E-state index in [1.54, 1.807) is 12.1 Å². The molecular formula is C13H17BrFNO. The second-order valence-electron chi connectivity index (χ2n) is 4.91. The highest BCUT2D eigenvalue weighted by Crippen LogP contribution is 2.47. The number of benzene rings is 1. The van der Waals surface area contributed by atoms with Gasteiger partial charge in [0, 0.05) is 16.4 Å². The monoisotopic (exact) mass is 301 g/mol. The SMILES string of the molecule is NCC(CO)(Cc1cc(Br)ccc1F)C1CC1. The topological polar surface area (TPSA) is 46.2 Å². The van der Waals surface area contributed by atoms with Gasteiger partial charge in [0.05, 0.1) is 6.61 Å². The molecular weight excluding hydrogens is 285 g/mol. The van der Waals surface area contributed by atoms with Gasteiger partial charge in [-0.1, -0.05) is 15.9 Å². The average molecular weight is 302 g/mol. The van der Waals surface area contributed by atoms with E-state index < -0.39 is 0 Å². The van der Waals surface area contributed by atoms with Crippen molar-refractivity contribution < 1.29 is 9.50 Å². The van der Waals surface area contributed by atoms with Gasteiger partial charge in [0.1, 0.15) is 5.82 Å². The first kappa shape index (κ1) is 13.0. The minimum absolute atomic E-state index is 0.0279. The van der Waals surface area contributed by atoms with Crippen molar-refractivity contribution in [1.29, 1.82) is 0 Å². The van der Waals surface area contributed by atoms with Crippen LogP contribution in [-0.2, 0) is 6.42 Å². The first-order valence-corrected chi connectivity index (χ1v) is 6.65. The van der Waals surface area contributed by atoms with Crippen molar-refractivity contribution in [3.63, 3.8) is 0 Å². The number of halogens is 2.